The molecule has 0 aromatic carbocycles. The van der Waals surface area contributed by atoms with Crippen molar-refractivity contribution in [2.75, 3.05) is 26.3 Å². The van der Waals surface area contributed by atoms with E-state index in [1.54, 1.807) is 0 Å². The Morgan fingerprint density at radius 1 is 1.53 bits per heavy atom. The quantitative estimate of drug-likeness (QED) is 0.711. The number of hydrogen-bond donors (Lipinski definition) is 1. The lowest BCUT2D eigenvalue weighted by Gasteiger charge is -2.36. The molecule has 86 valence electrons. The zero-order valence-electron chi connectivity index (χ0n) is 9.70. The molecule has 0 bridgehead atoms. The fourth-order valence-corrected chi connectivity index (χ4v) is 2.53. The molecule has 0 saturated carbocycles. The smallest absolute Gasteiger partial charge is 0.240 e. The molecule has 2 saturated heterocycles. The maximum atomic E-state index is 11.8. The van der Waals surface area contributed by atoms with E-state index in [1.807, 2.05) is 11.8 Å². The summed E-state index contributed by atoms with van der Waals surface area (Å²) in [5.74, 6) is 0.276. The van der Waals surface area contributed by atoms with E-state index < -0.39 is 0 Å². The number of nitrogens with zero attached hydrogens (tertiary/aromatic N) is 2. The first-order valence-corrected chi connectivity index (χ1v) is 5.98. The number of likely N-dealkylation sites (N-methyl/N-ethyl adjacent to an activating group) is 1. The van der Waals surface area contributed by atoms with Crippen LogP contribution in [0.2, 0.25) is 0 Å². The minimum absolute atomic E-state index is 0.0157. The van der Waals surface area contributed by atoms with E-state index in [4.69, 9.17) is 0 Å². The van der Waals surface area contributed by atoms with Crippen LogP contribution in [0.15, 0.2) is 0 Å². The summed E-state index contributed by atoms with van der Waals surface area (Å²) in [5, 5.41) is 3.21. The zero-order chi connectivity index (χ0) is 10.8. The second kappa shape index (κ2) is 4.49. The minimum Gasteiger partial charge on any atom is -0.324 e. The Hall–Kier alpha value is -0.610. The number of hydrogen-bond acceptors (Lipinski definition) is 3. The standard InChI is InChI=1S/C11H21N3O/c1-3-13-6-4-5-10(7-13)14-8-12-9(2)11(14)15/h9-10,12H,3-8H2,1-2H3. The fourth-order valence-electron chi connectivity index (χ4n) is 2.53. The van der Waals surface area contributed by atoms with Gasteiger partial charge in [-0.15, -0.1) is 0 Å². The predicted molar refractivity (Wildman–Crippen MR) is 59.4 cm³/mol. The van der Waals surface area contributed by atoms with Crippen LogP contribution in [0, 0.1) is 0 Å². The molecule has 0 aromatic heterocycles. The number of amides is 1. The first-order valence-electron chi connectivity index (χ1n) is 5.98. The number of carbonyl (C=O) groups is 1. The normalized spacial score (nSPS) is 33.7. The maximum absolute atomic E-state index is 11.8. The van der Waals surface area contributed by atoms with Crippen molar-refractivity contribution in [2.24, 2.45) is 0 Å². The second-order valence-corrected chi connectivity index (χ2v) is 4.58. The first-order chi connectivity index (χ1) is 7.22. The summed E-state index contributed by atoms with van der Waals surface area (Å²) in [5.41, 5.74) is 0. The fraction of sp³-hybridized carbons (Fsp3) is 0.909. The number of rotatable bonds is 2. The highest BCUT2D eigenvalue weighted by Gasteiger charge is 2.34. The lowest BCUT2D eigenvalue weighted by atomic mass is 10.0. The Labute approximate surface area is 91.6 Å². The molecule has 0 spiro atoms. The Bertz CT molecular complexity index is 244. The van der Waals surface area contributed by atoms with Gasteiger partial charge in [-0.3, -0.25) is 10.1 Å². The van der Waals surface area contributed by atoms with Gasteiger partial charge in [-0.25, -0.2) is 0 Å². The van der Waals surface area contributed by atoms with Gasteiger partial charge >= 0.3 is 0 Å². The summed E-state index contributed by atoms with van der Waals surface area (Å²) in [6.45, 7) is 8.22. The van der Waals surface area contributed by atoms with Crippen LogP contribution in [0.1, 0.15) is 26.7 Å². The van der Waals surface area contributed by atoms with E-state index in [0.29, 0.717) is 6.04 Å². The highest BCUT2D eigenvalue weighted by atomic mass is 16.2. The molecule has 2 unspecified atom stereocenters. The highest BCUT2D eigenvalue weighted by Crippen LogP contribution is 2.18. The number of nitrogens with one attached hydrogen (secondary N) is 1. The molecule has 2 aliphatic rings. The van der Waals surface area contributed by atoms with Gasteiger partial charge in [-0.2, -0.15) is 0 Å². The number of piperidine rings is 1. The summed E-state index contributed by atoms with van der Waals surface area (Å²) in [6, 6.07) is 0.450. The van der Waals surface area contributed by atoms with Crippen LogP contribution in [0.5, 0.6) is 0 Å². The van der Waals surface area contributed by atoms with Gasteiger partial charge in [0.15, 0.2) is 0 Å². The van der Waals surface area contributed by atoms with E-state index in [9.17, 15) is 4.79 Å². The molecule has 0 radical (unpaired) electrons. The van der Waals surface area contributed by atoms with Crippen molar-refractivity contribution in [3.05, 3.63) is 0 Å². The monoisotopic (exact) mass is 211 g/mol. The lowest BCUT2D eigenvalue weighted by Crippen LogP contribution is -2.49. The van der Waals surface area contributed by atoms with Crippen molar-refractivity contribution >= 4 is 5.91 Å². The van der Waals surface area contributed by atoms with Gasteiger partial charge in [0, 0.05) is 12.6 Å². The van der Waals surface area contributed by atoms with E-state index in [1.165, 1.54) is 13.0 Å². The van der Waals surface area contributed by atoms with Gasteiger partial charge in [-0.1, -0.05) is 6.92 Å². The average Bonchev–Trinajstić information content (AvgIpc) is 2.60. The number of likely N-dealkylation sites (tertiary alicyclic amines) is 1. The molecule has 0 aromatic rings. The van der Waals surface area contributed by atoms with Gasteiger partial charge in [0.05, 0.1) is 12.7 Å². The summed E-state index contributed by atoms with van der Waals surface area (Å²) < 4.78 is 0. The van der Waals surface area contributed by atoms with Crippen molar-refractivity contribution in [1.82, 2.24) is 15.1 Å². The molecule has 4 heteroatoms. The minimum atomic E-state index is 0.0157. The van der Waals surface area contributed by atoms with Gasteiger partial charge in [0.25, 0.3) is 0 Å². The molecule has 15 heavy (non-hydrogen) atoms. The van der Waals surface area contributed by atoms with Gasteiger partial charge in [-0.05, 0) is 32.9 Å². The van der Waals surface area contributed by atoms with Crippen LogP contribution in [-0.4, -0.2) is 54.1 Å². The first kappa shape index (κ1) is 10.9. The van der Waals surface area contributed by atoms with Crippen LogP contribution in [0.4, 0.5) is 0 Å². The molecular weight excluding hydrogens is 190 g/mol. The third kappa shape index (κ3) is 2.16. The number of carbonyl (C=O) groups excluding carboxylic acids is 1. The second-order valence-electron chi connectivity index (χ2n) is 4.58. The Morgan fingerprint density at radius 2 is 2.33 bits per heavy atom. The van der Waals surface area contributed by atoms with E-state index >= 15 is 0 Å². The molecule has 2 fully saturated rings. The van der Waals surface area contributed by atoms with Crippen molar-refractivity contribution < 1.29 is 4.79 Å². The van der Waals surface area contributed by atoms with Crippen LogP contribution >= 0.6 is 0 Å². The van der Waals surface area contributed by atoms with Crippen LogP contribution < -0.4 is 5.32 Å². The highest BCUT2D eigenvalue weighted by molar-refractivity contribution is 5.83. The van der Waals surface area contributed by atoms with Crippen molar-refractivity contribution in [3.8, 4) is 0 Å². The Kier molecular flexibility index (Phi) is 3.26. The Balaban J connectivity index is 1.95. The molecule has 2 rings (SSSR count). The third-order valence-electron chi connectivity index (χ3n) is 3.59. The Morgan fingerprint density at radius 3 is 2.93 bits per heavy atom. The topological polar surface area (TPSA) is 35.6 Å². The summed E-state index contributed by atoms with van der Waals surface area (Å²) in [7, 11) is 0. The molecule has 0 aliphatic carbocycles. The third-order valence-corrected chi connectivity index (χ3v) is 3.59. The molecule has 1 N–H and O–H groups in total. The largest absolute Gasteiger partial charge is 0.324 e. The van der Waals surface area contributed by atoms with Gasteiger partial charge in [0.2, 0.25) is 5.91 Å². The maximum Gasteiger partial charge on any atom is 0.240 e. The molecule has 2 atom stereocenters. The predicted octanol–water partition coefficient (Wildman–Crippen LogP) is 0.248. The molecule has 4 nitrogen and oxygen atoms in total. The lowest BCUT2D eigenvalue weighted by molar-refractivity contribution is -0.131. The molecular formula is C11H21N3O. The van der Waals surface area contributed by atoms with E-state index in [-0.39, 0.29) is 11.9 Å². The average molecular weight is 211 g/mol. The van der Waals surface area contributed by atoms with Crippen molar-refractivity contribution in [3.63, 3.8) is 0 Å². The summed E-state index contributed by atoms with van der Waals surface area (Å²) in [4.78, 5) is 16.3. The summed E-state index contributed by atoms with van der Waals surface area (Å²) >= 11 is 0. The van der Waals surface area contributed by atoms with Gasteiger partial charge < -0.3 is 9.80 Å². The molecule has 2 aliphatic heterocycles. The van der Waals surface area contributed by atoms with E-state index in [0.717, 1.165) is 26.2 Å². The van der Waals surface area contributed by atoms with Gasteiger partial charge in [0.1, 0.15) is 0 Å². The summed E-state index contributed by atoms with van der Waals surface area (Å²) in [6.07, 6.45) is 2.38. The van der Waals surface area contributed by atoms with Crippen LogP contribution in [0.25, 0.3) is 0 Å². The SMILES string of the molecule is CCN1CCCC(N2CNC(C)C2=O)C1. The van der Waals surface area contributed by atoms with Crippen LogP contribution in [0.3, 0.4) is 0 Å². The van der Waals surface area contributed by atoms with E-state index in [2.05, 4.69) is 17.1 Å². The van der Waals surface area contributed by atoms with Crippen LogP contribution in [-0.2, 0) is 4.79 Å². The van der Waals surface area contributed by atoms with Crippen molar-refractivity contribution in [1.29, 1.82) is 0 Å². The zero-order valence-corrected chi connectivity index (χ0v) is 9.70. The van der Waals surface area contributed by atoms with Crippen molar-refractivity contribution in [2.45, 2.75) is 38.8 Å². The molecule has 1 amide bonds. The molecule has 2 heterocycles.